The molecule has 0 amide bonds. The number of hydrogen-bond acceptors (Lipinski definition) is 8. The van der Waals surface area contributed by atoms with E-state index in [-0.39, 0.29) is 37.4 Å². The Balaban J connectivity index is 2.04. The van der Waals surface area contributed by atoms with E-state index < -0.39 is 30.4 Å². The van der Waals surface area contributed by atoms with Crippen molar-refractivity contribution in [2.75, 3.05) is 13.2 Å². The molecule has 0 bridgehead atoms. The van der Waals surface area contributed by atoms with E-state index in [0.29, 0.717) is 38.5 Å². The Bertz CT molecular complexity index is 872. The summed E-state index contributed by atoms with van der Waals surface area (Å²) < 4.78 is 10.3. The van der Waals surface area contributed by atoms with Gasteiger partial charge < -0.3 is 29.9 Å². The van der Waals surface area contributed by atoms with Gasteiger partial charge in [-0.3, -0.25) is 9.59 Å². The molecule has 1 rings (SSSR count). The zero-order valence-corrected chi connectivity index (χ0v) is 31.5. The lowest BCUT2D eigenvalue weighted by Crippen LogP contribution is -2.25. The van der Waals surface area contributed by atoms with Crippen LogP contribution in [0, 0.1) is 17.8 Å². The number of esters is 2. The SMILES string of the molecule is CCCCC[C@H](O)/C=C/[C@@H]1[C@@H](C/C=C/CCCC(=O)OC[C@H](O)COC(=O)CCCCCCCCCCCCCCC(C)C)[C@@H](O)C[C@H]1O. The highest BCUT2D eigenvalue weighted by Crippen LogP contribution is 2.36. The number of aliphatic hydroxyl groups is 4. The van der Waals surface area contributed by atoms with E-state index in [1.54, 1.807) is 6.08 Å². The van der Waals surface area contributed by atoms with Crippen LogP contribution in [-0.4, -0.2) is 70.0 Å². The smallest absolute Gasteiger partial charge is 0.305 e. The maximum absolute atomic E-state index is 12.1. The van der Waals surface area contributed by atoms with Crippen molar-refractivity contribution in [1.29, 1.82) is 0 Å². The summed E-state index contributed by atoms with van der Waals surface area (Å²) in [6, 6.07) is 0. The molecule has 0 unspecified atom stereocenters. The van der Waals surface area contributed by atoms with E-state index in [4.69, 9.17) is 9.47 Å². The fourth-order valence-corrected chi connectivity index (χ4v) is 6.56. The lowest BCUT2D eigenvalue weighted by Gasteiger charge is -2.19. The van der Waals surface area contributed by atoms with Gasteiger partial charge in [0.1, 0.15) is 19.3 Å². The second-order valence-corrected chi connectivity index (χ2v) is 14.9. The number of carbonyl (C=O) groups excluding carboxylic acids is 2. The van der Waals surface area contributed by atoms with E-state index in [1.165, 1.54) is 64.2 Å². The molecule has 0 aliphatic heterocycles. The molecule has 0 aromatic heterocycles. The molecule has 1 aliphatic rings. The van der Waals surface area contributed by atoms with Crippen molar-refractivity contribution in [3.63, 3.8) is 0 Å². The van der Waals surface area contributed by atoms with Crippen molar-refractivity contribution in [3.05, 3.63) is 24.3 Å². The van der Waals surface area contributed by atoms with Gasteiger partial charge >= 0.3 is 11.9 Å². The Hall–Kier alpha value is -1.74. The molecule has 1 fully saturated rings. The normalized spacial score (nSPS) is 20.8. The van der Waals surface area contributed by atoms with Crippen LogP contribution in [0.2, 0.25) is 0 Å². The van der Waals surface area contributed by atoms with Crippen LogP contribution in [-0.2, 0) is 19.1 Å². The number of rotatable bonds is 31. The highest BCUT2D eigenvalue weighted by Gasteiger charge is 2.39. The van der Waals surface area contributed by atoms with Crippen LogP contribution in [0.5, 0.6) is 0 Å². The highest BCUT2D eigenvalue weighted by atomic mass is 16.6. The molecule has 1 aliphatic carbocycles. The summed E-state index contributed by atoms with van der Waals surface area (Å²) in [6.45, 7) is 6.33. The maximum atomic E-state index is 12.1. The Morgan fingerprint density at radius 2 is 1.22 bits per heavy atom. The van der Waals surface area contributed by atoms with E-state index in [2.05, 4.69) is 20.8 Å². The van der Waals surface area contributed by atoms with Crippen LogP contribution in [0.1, 0.15) is 168 Å². The van der Waals surface area contributed by atoms with Gasteiger partial charge in [-0.2, -0.15) is 0 Å². The molecule has 0 spiro atoms. The minimum absolute atomic E-state index is 0.116. The summed E-state index contributed by atoms with van der Waals surface area (Å²) >= 11 is 0. The number of carbonyl (C=O) groups is 2. The Labute approximate surface area is 299 Å². The Morgan fingerprint density at radius 3 is 1.80 bits per heavy atom. The Kier molecular flexibility index (Phi) is 27.7. The van der Waals surface area contributed by atoms with Gasteiger partial charge in [0.05, 0.1) is 18.3 Å². The number of hydrogen-bond donors (Lipinski definition) is 4. The molecule has 1 saturated carbocycles. The number of aliphatic hydroxyl groups excluding tert-OH is 4. The molecular formula is C41H74O8. The molecule has 0 aromatic carbocycles. The fourth-order valence-electron chi connectivity index (χ4n) is 6.56. The van der Waals surface area contributed by atoms with Gasteiger partial charge in [0.15, 0.2) is 0 Å². The summed E-state index contributed by atoms with van der Waals surface area (Å²) in [5.74, 6) is -0.224. The first-order valence-electron chi connectivity index (χ1n) is 20.0. The third-order valence-corrected chi connectivity index (χ3v) is 9.69. The molecular weight excluding hydrogens is 620 g/mol. The number of ether oxygens (including phenoxy) is 2. The van der Waals surface area contributed by atoms with E-state index in [0.717, 1.165) is 44.4 Å². The predicted octanol–water partition coefficient (Wildman–Crippen LogP) is 8.52. The molecule has 0 saturated heterocycles. The molecule has 286 valence electrons. The van der Waals surface area contributed by atoms with Crippen molar-refractivity contribution in [2.24, 2.45) is 17.8 Å². The van der Waals surface area contributed by atoms with Gasteiger partial charge in [-0.25, -0.2) is 0 Å². The average Bonchev–Trinajstić information content (AvgIpc) is 3.34. The van der Waals surface area contributed by atoms with Gasteiger partial charge in [0, 0.05) is 25.2 Å². The zero-order chi connectivity index (χ0) is 36.1. The third kappa shape index (κ3) is 25.0. The molecule has 0 radical (unpaired) electrons. The second-order valence-electron chi connectivity index (χ2n) is 14.9. The maximum Gasteiger partial charge on any atom is 0.305 e. The molecule has 4 N–H and O–H groups in total. The van der Waals surface area contributed by atoms with Gasteiger partial charge in [-0.15, -0.1) is 0 Å². The Morgan fingerprint density at radius 1 is 0.694 bits per heavy atom. The summed E-state index contributed by atoms with van der Waals surface area (Å²) in [5, 5.41) is 41.1. The van der Waals surface area contributed by atoms with E-state index in [9.17, 15) is 30.0 Å². The molecule has 8 nitrogen and oxygen atoms in total. The van der Waals surface area contributed by atoms with Gasteiger partial charge in [-0.1, -0.05) is 141 Å². The average molecular weight is 695 g/mol. The van der Waals surface area contributed by atoms with Crippen molar-refractivity contribution < 1.29 is 39.5 Å². The van der Waals surface area contributed by atoms with Crippen LogP contribution in [0.3, 0.4) is 0 Å². The van der Waals surface area contributed by atoms with Crippen LogP contribution >= 0.6 is 0 Å². The predicted molar refractivity (Wildman–Crippen MR) is 198 cm³/mol. The highest BCUT2D eigenvalue weighted by molar-refractivity contribution is 5.69. The van der Waals surface area contributed by atoms with Crippen LogP contribution < -0.4 is 0 Å². The zero-order valence-electron chi connectivity index (χ0n) is 31.5. The van der Waals surface area contributed by atoms with Crippen LogP contribution in [0.15, 0.2) is 24.3 Å². The first-order chi connectivity index (χ1) is 23.6. The summed E-state index contributed by atoms with van der Waals surface area (Å²) in [5.41, 5.74) is 0. The first kappa shape index (κ1) is 45.3. The van der Waals surface area contributed by atoms with Crippen molar-refractivity contribution in [1.82, 2.24) is 0 Å². The first-order valence-corrected chi connectivity index (χ1v) is 20.0. The van der Waals surface area contributed by atoms with E-state index in [1.807, 2.05) is 18.2 Å². The van der Waals surface area contributed by atoms with Crippen molar-refractivity contribution in [2.45, 2.75) is 193 Å². The van der Waals surface area contributed by atoms with Crippen LogP contribution in [0.4, 0.5) is 0 Å². The van der Waals surface area contributed by atoms with Gasteiger partial charge in [0.2, 0.25) is 0 Å². The van der Waals surface area contributed by atoms with E-state index >= 15 is 0 Å². The fraction of sp³-hybridized carbons (Fsp3) is 0.854. The minimum atomic E-state index is -1.04. The van der Waals surface area contributed by atoms with Gasteiger partial charge in [-0.05, 0) is 43.9 Å². The van der Waals surface area contributed by atoms with Crippen LogP contribution in [0.25, 0.3) is 0 Å². The number of unbranched alkanes of at least 4 members (excludes halogenated alkanes) is 14. The third-order valence-electron chi connectivity index (χ3n) is 9.69. The van der Waals surface area contributed by atoms with Gasteiger partial charge in [0.25, 0.3) is 0 Å². The molecule has 6 atom stereocenters. The second kappa shape index (κ2) is 29.9. The quantitative estimate of drug-likeness (QED) is 0.0323. The molecule has 0 aromatic rings. The van der Waals surface area contributed by atoms with Crippen molar-refractivity contribution >= 4 is 11.9 Å². The summed E-state index contributed by atoms with van der Waals surface area (Å²) in [4.78, 5) is 24.1. The number of allylic oxidation sites excluding steroid dienone is 2. The largest absolute Gasteiger partial charge is 0.463 e. The standard InChI is InChI=1S/C41H74O8/c1-4-5-18-24-34(42)28-29-37-36(38(44)30-39(37)45)25-20-16-17-22-27-41(47)49-32-35(43)31-48-40(46)26-21-15-13-11-9-7-6-8-10-12-14-19-23-33(2)3/h16,20,28-29,33-39,42-45H,4-15,17-19,21-27,30-32H2,1-3H3/b20-16+,29-28+/t34-,35+,36+,37+,38-,39+/m0/s1. The summed E-state index contributed by atoms with van der Waals surface area (Å²) in [7, 11) is 0. The topological polar surface area (TPSA) is 134 Å². The summed E-state index contributed by atoms with van der Waals surface area (Å²) in [6.07, 6.45) is 27.6. The minimum Gasteiger partial charge on any atom is -0.463 e. The lowest BCUT2D eigenvalue weighted by atomic mass is 9.89. The molecule has 0 heterocycles. The molecule has 8 heteroatoms. The van der Waals surface area contributed by atoms with Crippen molar-refractivity contribution in [3.8, 4) is 0 Å². The monoisotopic (exact) mass is 695 g/mol. The molecule has 49 heavy (non-hydrogen) atoms. The lowest BCUT2D eigenvalue weighted by molar-refractivity contribution is -0.152.